The van der Waals surface area contributed by atoms with Gasteiger partial charge in [0.05, 0.1) is 27.2 Å². The lowest BCUT2D eigenvalue weighted by atomic mass is 9.80. The summed E-state index contributed by atoms with van der Waals surface area (Å²) in [5, 5.41) is -0.629. The third kappa shape index (κ3) is 28.3. The van der Waals surface area contributed by atoms with Gasteiger partial charge in [0.15, 0.2) is 20.6 Å². The second kappa shape index (κ2) is 50.8. The van der Waals surface area contributed by atoms with Crippen molar-refractivity contribution in [2.45, 2.75) is 205 Å². The standard InChI is InChI=1S/C102H91N8O30P3Si.CH4.22H2/c1-15-16-17-18-19-20-21-22-23-24-25-26-27-28-29-30-31-32-33-37-52-127-77-54-71(53-65(2)70(77)7)95(117)110-85(112)50-51-106(100(110)121)96-91(140-144(13,14)101(8,9)10)90(136-89(113)49-40-69(6)111)84(135-96)64-131-143(124)139-80-57-88(109-60-68(5)94(116)105-99(109)120)134-83(80)63-130-142(123)138-79-56-87(108-59-67(4)93(115)104-98(108)119)133-82(79)62-129-141(122)137-78-55-86(107-58-66(3)92(114)103-97(107)118)132-81(78)61-128-102(72-38-35-34-36-39-72,73-41-45-75(125-11)46-42-73)74-43-47-76(126-12)48-44-74;;;;;;;;;;;;;;;;;;;;;;;/h1,34-36,38-39,41-48,50-51,53-54,58-60,78-84,86-88,90-91,96H,40,49,55-57,61-64H2,2-14H3;1H4;22*1H/p+3/t78?,79?,80?,81-,82-,83-,84-,86-,87-,88-,90?,91+,96-;;;;;;;;;;;;;;;;;;;;;;;/m1......................./s1. The van der Waals surface area contributed by atoms with Crippen molar-refractivity contribution < 1.29 is 134 Å². The molecule has 16 atom stereocenters. The van der Waals surface area contributed by atoms with Crippen molar-refractivity contribution in [3.8, 4) is 148 Å². The summed E-state index contributed by atoms with van der Waals surface area (Å²) in [6.07, 6.45) is -7.81. The number of H-pyrrole nitrogens is 3. The van der Waals surface area contributed by atoms with Crippen LogP contribution in [0.25, 0.3) is 0 Å². The summed E-state index contributed by atoms with van der Waals surface area (Å²) in [4.78, 5) is 156. The van der Waals surface area contributed by atoms with Gasteiger partial charge in [-0.15, -0.1) is 33.6 Å². The molecule has 12 rings (SSSR count). The molecule has 3 N–H and O–H groups in total. The van der Waals surface area contributed by atoms with Gasteiger partial charge in [-0.3, -0.25) is 62.0 Å². The predicted octanol–water partition coefficient (Wildman–Crippen LogP) is 14.6. The first-order chi connectivity index (χ1) is 68.9. The van der Waals surface area contributed by atoms with E-state index in [0.29, 0.717) is 43.9 Å². The monoisotopic (exact) mass is 2090 g/mol. The van der Waals surface area contributed by atoms with E-state index in [1.807, 2.05) is 88.5 Å². The molecule has 7 unspecified atom stereocenters. The number of ketones is 1. The molecule has 0 saturated carbocycles. The molecule has 0 spiro atoms. The van der Waals surface area contributed by atoms with Crippen molar-refractivity contribution in [3.05, 3.63) is 255 Å². The molecule has 0 bridgehead atoms. The van der Waals surface area contributed by atoms with E-state index in [2.05, 4.69) is 139 Å². The number of ether oxygens (including phenoxy) is 9. The number of Topliss-reactive ketones (excluding diaryl/α,β-unsaturated/α-hetero) is 1. The van der Waals surface area contributed by atoms with Gasteiger partial charge in [0, 0.05) is 195 Å². The number of aromatic amines is 3. The van der Waals surface area contributed by atoms with Gasteiger partial charge in [-0.25, -0.2) is 19.2 Å². The molecule has 4 aliphatic rings. The largest absolute Gasteiger partial charge is 0.697 e. The van der Waals surface area contributed by atoms with Crippen LogP contribution in [0, 0.1) is 166 Å². The molecule has 4 aromatic carbocycles. The van der Waals surface area contributed by atoms with Crippen LogP contribution < -0.4 is 59.2 Å². The molecule has 4 aromatic heterocycles. The van der Waals surface area contributed by atoms with Gasteiger partial charge in [0.2, 0.25) is 0 Å². The number of carbonyl (C=O) groups excluding carboxylic acids is 3. The SMILES string of the molecule is C.C#CC#CC#CC#CC#CC#CC#CC#CC#CC#CC#COc1cc(C(=O)n2c(=O)ccn([C@@H]3O[C@H](CO[P+](=O)OC4C[C@H](n5cc(C)c(=O)[nH]c5=O)O[C@@H]4CO[P+](=O)OC4C[C@H](n5cc(C)c(=O)[nH]c5=O)O[C@@H]4CO[P+](=O)OC4C[C@H](n5cc(C)c(=O)[nH]c5=O)O[C@@H]4COC(c4ccccc4)(c4ccc(OC)cc4)c4ccc(OC)cc4)C(OC(=O)CCC(C)=O)[C@@H]3O[Si](C)(C)C(C)(C)C)c2=O)cc(C)c1C.[HH].[HH].[HH].[HH].[HH].[HH].[HH].[HH].[HH].[HH].[HH].[HH].[HH].[HH].[HH].[HH].[HH].[HH].[HH].[HH].[HH].[HH]. The Balaban J connectivity index is -0.00000104. The highest BCUT2D eigenvalue weighted by Gasteiger charge is 2.56. The molecule has 38 nitrogen and oxygen atoms in total. The van der Waals surface area contributed by atoms with E-state index < -0.39 is 207 Å². The zero-order chi connectivity index (χ0) is 104. The van der Waals surface area contributed by atoms with Crippen LogP contribution in [0.1, 0.15) is 178 Å². The lowest BCUT2D eigenvalue weighted by Crippen LogP contribution is -2.51. The lowest BCUT2D eigenvalue weighted by Gasteiger charge is -2.40. The van der Waals surface area contributed by atoms with Crippen LogP contribution in [0.5, 0.6) is 17.2 Å². The smallest absolute Gasteiger partial charge is 0.497 e. The molecule has 0 radical (unpaired) electrons. The number of nitrogens with one attached hydrogen (secondary N) is 3. The number of benzene rings is 4. The molecular formula is C103H142N8O30P3Si+3. The van der Waals surface area contributed by atoms with E-state index in [-0.39, 0.29) is 105 Å². The highest BCUT2D eigenvalue weighted by molar-refractivity contribution is 7.33. The number of hydrogen-bond acceptors (Lipinski definition) is 30. The zero-order valence-corrected chi connectivity index (χ0v) is 83.5. The Morgan fingerprint density at radius 1 is 0.497 bits per heavy atom. The summed E-state index contributed by atoms with van der Waals surface area (Å²) in [5.74, 6) is 47.6. The number of hydrogen-bond donors (Lipinski definition) is 3. The fourth-order valence-electron chi connectivity index (χ4n) is 15.0. The van der Waals surface area contributed by atoms with E-state index >= 15 is 4.79 Å². The Labute approximate surface area is 868 Å². The maximum atomic E-state index is 15.2. The van der Waals surface area contributed by atoms with Crippen molar-refractivity contribution in [1.29, 1.82) is 0 Å². The third-order valence-electron chi connectivity index (χ3n) is 23.5. The number of methoxy groups -OCH3 is 2. The number of aromatic nitrogens is 8. The normalized spacial score (nSPS) is 19.8. The quantitative estimate of drug-likeness (QED) is 0.0109. The first kappa shape index (κ1) is 110. The zero-order valence-electron chi connectivity index (χ0n) is 79.8. The number of rotatable bonds is 35. The van der Waals surface area contributed by atoms with Gasteiger partial charge in [0.25, 0.3) is 28.1 Å². The van der Waals surface area contributed by atoms with E-state index in [1.165, 1.54) is 72.6 Å². The molecule has 4 saturated heterocycles. The van der Waals surface area contributed by atoms with Crippen molar-refractivity contribution in [3.63, 3.8) is 0 Å². The molecule has 4 fully saturated rings. The summed E-state index contributed by atoms with van der Waals surface area (Å²) in [6, 6.07) is 27.2. The second-order valence-electron chi connectivity index (χ2n) is 34.0. The van der Waals surface area contributed by atoms with Crippen molar-refractivity contribution >= 4 is 50.7 Å². The van der Waals surface area contributed by atoms with Gasteiger partial charge in [-0.1, -0.05) is 82.8 Å². The fraction of sp³-hybridized carbons (Fsp3) is 0.369. The molecule has 790 valence electrons. The average Bonchev–Trinajstić information content (AvgIpc) is 1.64. The van der Waals surface area contributed by atoms with Crippen LogP contribution in [-0.4, -0.2) is 159 Å². The summed E-state index contributed by atoms with van der Waals surface area (Å²) in [6.45, 7) is 15.6. The Bertz CT molecular complexity index is 7650. The number of aryl methyl sites for hydroxylation is 4. The van der Waals surface area contributed by atoms with Crippen LogP contribution in [-0.2, 0) is 88.9 Å². The van der Waals surface area contributed by atoms with Crippen LogP contribution >= 0.6 is 24.8 Å². The number of nitrogens with zero attached hydrogens (tertiary/aromatic N) is 5. The average molecular weight is 2090 g/mol. The minimum atomic E-state index is -3.45. The maximum absolute atomic E-state index is 15.2. The molecule has 0 aliphatic carbocycles. The van der Waals surface area contributed by atoms with Crippen LogP contribution in [0.4, 0.5) is 0 Å². The fourth-order valence-corrected chi connectivity index (χ4v) is 18.6. The summed E-state index contributed by atoms with van der Waals surface area (Å²) < 4.78 is 147. The minimum absolute atomic E-state index is 0. The topological polar surface area (TPSA) is 459 Å². The highest BCUT2D eigenvalue weighted by Crippen LogP contribution is 2.48. The highest BCUT2D eigenvalue weighted by atomic mass is 31.1. The number of terminal acetylenes is 1. The molecule has 8 aromatic rings. The summed E-state index contributed by atoms with van der Waals surface area (Å²) in [7, 11) is -10.2. The van der Waals surface area contributed by atoms with E-state index in [4.69, 9.17) is 80.6 Å². The predicted molar refractivity (Wildman–Crippen MR) is 574 cm³/mol. The van der Waals surface area contributed by atoms with Crippen molar-refractivity contribution in [2.75, 3.05) is 40.6 Å². The maximum Gasteiger partial charge on any atom is 0.697 e. The number of carbonyl (C=O) groups is 3. The lowest BCUT2D eigenvalue weighted by molar-refractivity contribution is -0.156. The van der Waals surface area contributed by atoms with E-state index in [1.54, 1.807) is 38.1 Å². The Morgan fingerprint density at radius 2 is 0.897 bits per heavy atom. The van der Waals surface area contributed by atoms with Gasteiger partial charge >= 0.3 is 53.5 Å². The molecule has 145 heavy (non-hydrogen) atoms. The molecule has 42 heteroatoms. The van der Waals surface area contributed by atoms with Crippen LogP contribution in [0.3, 0.4) is 0 Å². The third-order valence-corrected chi connectivity index (χ3v) is 30.4. The molecule has 8 heterocycles. The van der Waals surface area contributed by atoms with Gasteiger partial charge in [-0.05, 0) is 171 Å². The van der Waals surface area contributed by atoms with Crippen molar-refractivity contribution in [2.24, 2.45) is 0 Å². The number of esters is 1. The Morgan fingerprint density at radius 3 is 1.30 bits per heavy atom. The molecule has 4 aliphatic heterocycles. The van der Waals surface area contributed by atoms with Crippen molar-refractivity contribution in [1.82, 2.24) is 37.8 Å². The second-order valence-corrected chi connectivity index (χ2v) is 41.5. The minimum Gasteiger partial charge on any atom is -0.497 e. The van der Waals surface area contributed by atoms with Gasteiger partial charge < -0.3 is 51.9 Å². The van der Waals surface area contributed by atoms with Gasteiger partial charge in [-0.2, -0.15) is 4.57 Å². The Kier molecular flexibility index (Phi) is 38.7. The van der Waals surface area contributed by atoms with Crippen LogP contribution in [0.2, 0.25) is 18.1 Å². The molecular weight excluding hydrogens is 1950 g/mol. The van der Waals surface area contributed by atoms with Crippen LogP contribution in [0.15, 0.2) is 160 Å². The van der Waals surface area contributed by atoms with E-state index in [0.717, 1.165) is 30.5 Å². The van der Waals surface area contributed by atoms with Gasteiger partial charge in [0.1, 0.15) is 122 Å². The molecule has 0 amide bonds. The van der Waals surface area contributed by atoms with E-state index in [9.17, 15) is 61.6 Å². The summed E-state index contributed by atoms with van der Waals surface area (Å²) in [5.41, 5.74) is -5.61. The first-order valence-corrected chi connectivity index (χ1v) is 50.5. The summed E-state index contributed by atoms with van der Waals surface area (Å²) >= 11 is 0. The first-order valence-electron chi connectivity index (χ1n) is 44.3. The Hall–Kier alpha value is -15.0.